The van der Waals surface area contributed by atoms with Gasteiger partial charge in [0, 0.05) is 12.6 Å². The van der Waals surface area contributed by atoms with E-state index < -0.39 is 5.95 Å². The number of aromatic nitrogens is 1. The van der Waals surface area contributed by atoms with E-state index in [1.165, 1.54) is 12.3 Å². The Balaban J connectivity index is 2.17. The van der Waals surface area contributed by atoms with Crippen LogP contribution in [-0.4, -0.2) is 22.7 Å². The first-order valence-electron chi connectivity index (χ1n) is 5.05. The van der Waals surface area contributed by atoms with E-state index in [2.05, 4.69) is 20.9 Å². The van der Waals surface area contributed by atoms with Crippen LogP contribution >= 0.6 is 15.9 Å². The van der Waals surface area contributed by atoms with Crippen molar-refractivity contribution < 1.29 is 13.9 Å². The Morgan fingerprint density at radius 1 is 1.50 bits per heavy atom. The lowest BCUT2D eigenvalue weighted by atomic mass is 10.2. The second-order valence-electron chi connectivity index (χ2n) is 3.27. The molecule has 1 aromatic heterocycles. The zero-order valence-electron chi connectivity index (χ0n) is 8.79. The van der Waals surface area contributed by atoms with Crippen molar-refractivity contribution in [3.8, 4) is 5.75 Å². The third kappa shape index (κ3) is 4.70. The van der Waals surface area contributed by atoms with Gasteiger partial charge in [0.15, 0.2) is 5.75 Å². The van der Waals surface area contributed by atoms with Crippen molar-refractivity contribution in [1.29, 1.82) is 0 Å². The molecule has 0 aliphatic rings. The summed E-state index contributed by atoms with van der Waals surface area (Å²) in [4.78, 5) is 14.4. The van der Waals surface area contributed by atoms with Crippen molar-refractivity contribution in [1.82, 2.24) is 4.98 Å². The van der Waals surface area contributed by atoms with E-state index in [9.17, 15) is 9.18 Å². The molecule has 0 saturated carbocycles. The molecule has 0 fully saturated rings. The standard InChI is InChI=1S/C11H13BrFNO2/c12-8-9(15)4-1-2-7-16-10-5-3-6-14-11(10)13/h3,5-6H,1-2,4,7-8H2/i13-1. The van der Waals surface area contributed by atoms with Gasteiger partial charge in [-0.25, -0.2) is 4.98 Å². The number of unbranched alkanes of at least 4 members (excludes halogenated alkanes) is 1. The summed E-state index contributed by atoms with van der Waals surface area (Å²) >= 11 is 3.09. The van der Waals surface area contributed by atoms with Gasteiger partial charge in [0.25, 0.3) is 5.95 Å². The lowest BCUT2D eigenvalue weighted by molar-refractivity contribution is -0.116. The maximum absolute atomic E-state index is 13.0. The van der Waals surface area contributed by atoms with Crippen LogP contribution in [0.1, 0.15) is 19.3 Å². The van der Waals surface area contributed by atoms with E-state index in [0.29, 0.717) is 18.4 Å². The van der Waals surface area contributed by atoms with Crippen molar-refractivity contribution in [3.63, 3.8) is 0 Å². The van der Waals surface area contributed by atoms with Crippen molar-refractivity contribution in [2.24, 2.45) is 0 Å². The molecule has 0 atom stereocenters. The Morgan fingerprint density at radius 3 is 3.00 bits per heavy atom. The normalized spacial score (nSPS) is 10.1. The van der Waals surface area contributed by atoms with E-state index >= 15 is 0 Å². The number of hydrogen-bond acceptors (Lipinski definition) is 3. The number of hydrogen-bond donors (Lipinski definition) is 0. The van der Waals surface area contributed by atoms with Gasteiger partial charge in [-0.1, -0.05) is 15.9 Å². The van der Waals surface area contributed by atoms with Gasteiger partial charge < -0.3 is 4.74 Å². The smallest absolute Gasteiger partial charge is 0.255 e. The maximum atomic E-state index is 13.0. The van der Waals surface area contributed by atoms with E-state index in [0.717, 1.165) is 12.8 Å². The SMILES string of the molecule is O=C(CBr)CCCCOc1cccnc1[18F]. The van der Waals surface area contributed by atoms with Crippen LogP contribution in [0, 0.1) is 5.95 Å². The summed E-state index contributed by atoms with van der Waals surface area (Å²) < 4.78 is 18.2. The number of pyridine rings is 1. The van der Waals surface area contributed by atoms with Gasteiger partial charge in [0.2, 0.25) is 0 Å². The summed E-state index contributed by atoms with van der Waals surface area (Å²) in [6.45, 7) is 0.401. The zero-order chi connectivity index (χ0) is 11.8. The lowest BCUT2D eigenvalue weighted by Crippen LogP contribution is -2.03. The maximum Gasteiger partial charge on any atom is 0.255 e. The van der Waals surface area contributed by atoms with Crippen LogP contribution in [0.2, 0.25) is 0 Å². The molecule has 1 aromatic rings. The average molecular weight is 289 g/mol. The van der Waals surface area contributed by atoms with Crippen LogP contribution in [0.4, 0.5) is 4.39 Å². The average Bonchev–Trinajstić information content (AvgIpc) is 2.30. The summed E-state index contributed by atoms with van der Waals surface area (Å²) in [5, 5.41) is 0.394. The second kappa shape index (κ2) is 7.33. The fraction of sp³-hybridized carbons (Fsp3) is 0.455. The van der Waals surface area contributed by atoms with Gasteiger partial charge in [-0.05, 0) is 25.0 Å². The van der Waals surface area contributed by atoms with Crippen molar-refractivity contribution in [2.45, 2.75) is 19.3 Å². The number of nitrogens with zero attached hydrogens (tertiary/aromatic N) is 1. The number of rotatable bonds is 7. The largest absolute Gasteiger partial charge is 0.489 e. The number of halogens is 2. The number of carbonyl (C=O) groups is 1. The zero-order valence-corrected chi connectivity index (χ0v) is 10.4. The monoisotopic (exact) mass is 288 g/mol. The molecule has 0 radical (unpaired) electrons. The van der Waals surface area contributed by atoms with E-state index in [-0.39, 0.29) is 11.5 Å². The van der Waals surface area contributed by atoms with Crippen LogP contribution in [0.5, 0.6) is 5.75 Å². The molecule has 0 bridgehead atoms. The fourth-order valence-electron chi connectivity index (χ4n) is 1.15. The summed E-state index contributed by atoms with van der Waals surface area (Å²) in [6.07, 6.45) is 3.39. The Labute approximate surface area is 102 Å². The van der Waals surface area contributed by atoms with Crippen molar-refractivity contribution >= 4 is 21.7 Å². The second-order valence-corrected chi connectivity index (χ2v) is 3.83. The Morgan fingerprint density at radius 2 is 2.31 bits per heavy atom. The molecule has 0 unspecified atom stereocenters. The van der Waals surface area contributed by atoms with Gasteiger partial charge in [-0.2, -0.15) is 4.39 Å². The molecule has 3 nitrogen and oxygen atoms in total. The molecule has 88 valence electrons. The highest BCUT2D eigenvalue weighted by molar-refractivity contribution is 9.09. The summed E-state index contributed by atoms with van der Waals surface area (Å²) in [7, 11) is 0. The predicted octanol–water partition coefficient (Wildman–Crippen LogP) is 2.73. The first kappa shape index (κ1) is 13.1. The van der Waals surface area contributed by atoms with Crippen LogP contribution in [0.3, 0.4) is 0 Å². The van der Waals surface area contributed by atoms with Crippen LogP contribution in [-0.2, 0) is 4.79 Å². The van der Waals surface area contributed by atoms with Gasteiger partial charge >= 0.3 is 0 Å². The third-order valence-electron chi connectivity index (χ3n) is 1.98. The number of carbonyl (C=O) groups excluding carboxylic acids is 1. The summed E-state index contributed by atoms with van der Waals surface area (Å²) in [5.74, 6) is -0.263. The molecule has 5 heteroatoms. The minimum absolute atomic E-state index is 0.161. The van der Waals surface area contributed by atoms with Crippen LogP contribution in [0.25, 0.3) is 0 Å². The van der Waals surface area contributed by atoms with Crippen molar-refractivity contribution in [3.05, 3.63) is 24.3 Å². The quantitative estimate of drug-likeness (QED) is 0.440. The number of alkyl halides is 1. The van der Waals surface area contributed by atoms with Gasteiger partial charge in [-0.15, -0.1) is 0 Å². The molecule has 0 aliphatic heterocycles. The molecule has 0 amide bonds. The molecule has 1 heterocycles. The molecule has 0 saturated heterocycles. The molecular formula is C11H13BrFNO2. The van der Waals surface area contributed by atoms with Gasteiger partial charge in [0.1, 0.15) is 5.78 Å². The molecule has 0 aromatic carbocycles. The lowest BCUT2D eigenvalue weighted by Gasteiger charge is -2.05. The van der Waals surface area contributed by atoms with Gasteiger partial charge in [-0.3, -0.25) is 4.79 Å². The minimum atomic E-state index is -0.598. The Kier molecular flexibility index (Phi) is 6.00. The highest BCUT2D eigenvalue weighted by Crippen LogP contribution is 2.13. The fourth-order valence-corrected chi connectivity index (χ4v) is 1.43. The molecular weight excluding hydrogens is 276 g/mol. The Bertz CT molecular complexity index is 347. The number of ether oxygens (including phenoxy) is 1. The third-order valence-corrected chi connectivity index (χ3v) is 2.61. The highest BCUT2D eigenvalue weighted by atomic mass is 79.9. The minimum Gasteiger partial charge on any atom is -0.489 e. The van der Waals surface area contributed by atoms with E-state index in [1.54, 1.807) is 6.07 Å². The van der Waals surface area contributed by atoms with E-state index in [4.69, 9.17) is 4.74 Å². The van der Waals surface area contributed by atoms with E-state index in [1.807, 2.05) is 0 Å². The summed E-state index contributed by atoms with van der Waals surface area (Å²) in [5.41, 5.74) is 0. The molecule has 0 spiro atoms. The number of Topliss-reactive ketones (excluding diaryl/α,β-unsaturated/α-hetero) is 1. The molecule has 0 aliphatic carbocycles. The number of ketones is 1. The highest BCUT2D eigenvalue weighted by Gasteiger charge is 2.03. The summed E-state index contributed by atoms with van der Waals surface area (Å²) in [6, 6.07) is 3.15. The van der Waals surface area contributed by atoms with Crippen LogP contribution in [0.15, 0.2) is 18.3 Å². The van der Waals surface area contributed by atoms with Crippen LogP contribution < -0.4 is 4.74 Å². The predicted molar refractivity (Wildman–Crippen MR) is 62.3 cm³/mol. The Hall–Kier alpha value is -0.970. The first-order chi connectivity index (χ1) is 7.74. The molecule has 0 N–H and O–H groups in total. The van der Waals surface area contributed by atoms with Crippen molar-refractivity contribution in [2.75, 3.05) is 11.9 Å². The molecule has 16 heavy (non-hydrogen) atoms. The molecule has 1 rings (SSSR count). The topological polar surface area (TPSA) is 39.2 Å². The first-order valence-corrected chi connectivity index (χ1v) is 6.17. The van der Waals surface area contributed by atoms with Gasteiger partial charge in [0.05, 0.1) is 11.9 Å².